The van der Waals surface area contributed by atoms with E-state index in [4.69, 9.17) is 4.74 Å². The molecule has 1 aliphatic rings. The lowest BCUT2D eigenvalue weighted by Gasteiger charge is -2.38. The summed E-state index contributed by atoms with van der Waals surface area (Å²) in [7, 11) is 1.67. The summed E-state index contributed by atoms with van der Waals surface area (Å²) >= 11 is 0. The molecule has 0 saturated carbocycles. The zero-order valence-corrected chi connectivity index (χ0v) is 9.70. The van der Waals surface area contributed by atoms with Gasteiger partial charge in [-0.2, -0.15) is 0 Å². The van der Waals surface area contributed by atoms with Crippen molar-refractivity contribution in [2.75, 3.05) is 20.3 Å². The topological polar surface area (TPSA) is 41.5 Å². The summed E-state index contributed by atoms with van der Waals surface area (Å²) in [5.41, 5.74) is 0.755. The first-order chi connectivity index (χ1) is 7.82. The number of ether oxygens (including phenoxy) is 1. The van der Waals surface area contributed by atoms with Crippen molar-refractivity contribution in [3.8, 4) is 5.75 Å². The van der Waals surface area contributed by atoms with Gasteiger partial charge in [-0.05, 0) is 31.9 Å². The molecular formula is C13H19NO2. The van der Waals surface area contributed by atoms with Crippen LogP contribution in [-0.4, -0.2) is 25.4 Å². The maximum Gasteiger partial charge on any atom is 0.124 e. The second kappa shape index (κ2) is 4.85. The summed E-state index contributed by atoms with van der Waals surface area (Å²) in [5.74, 6) is 0.853. The SMILES string of the molecule is COc1ccccc1C1(CO)CCCCN1. The van der Waals surface area contributed by atoms with Crippen LogP contribution in [0.15, 0.2) is 24.3 Å². The third kappa shape index (κ3) is 1.93. The average Bonchev–Trinajstić information content (AvgIpc) is 2.39. The first-order valence-electron chi connectivity index (χ1n) is 5.82. The van der Waals surface area contributed by atoms with Gasteiger partial charge in [0.1, 0.15) is 5.75 Å². The summed E-state index contributed by atoms with van der Waals surface area (Å²) in [6.07, 6.45) is 3.28. The summed E-state index contributed by atoms with van der Waals surface area (Å²) in [5, 5.41) is 13.1. The van der Waals surface area contributed by atoms with Gasteiger partial charge in [0, 0.05) is 5.56 Å². The molecular weight excluding hydrogens is 202 g/mol. The fourth-order valence-corrected chi connectivity index (χ4v) is 2.46. The Morgan fingerprint density at radius 3 is 2.81 bits per heavy atom. The lowest BCUT2D eigenvalue weighted by molar-refractivity contribution is 0.128. The van der Waals surface area contributed by atoms with Gasteiger partial charge >= 0.3 is 0 Å². The third-order valence-electron chi connectivity index (χ3n) is 3.39. The van der Waals surface area contributed by atoms with E-state index < -0.39 is 0 Å². The molecule has 1 aliphatic heterocycles. The molecule has 0 amide bonds. The Balaban J connectivity index is 2.38. The van der Waals surface area contributed by atoms with Gasteiger partial charge in [-0.15, -0.1) is 0 Å². The second-order valence-electron chi connectivity index (χ2n) is 4.32. The number of aliphatic hydroxyl groups is 1. The maximum atomic E-state index is 9.70. The molecule has 88 valence electrons. The van der Waals surface area contributed by atoms with Crippen molar-refractivity contribution in [3.05, 3.63) is 29.8 Å². The highest BCUT2D eigenvalue weighted by Gasteiger charge is 2.35. The molecule has 1 aromatic carbocycles. The molecule has 0 aliphatic carbocycles. The lowest BCUT2D eigenvalue weighted by Crippen LogP contribution is -2.48. The Hall–Kier alpha value is -1.06. The minimum atomic E-state index is -0.315. The zero-order valence-electron chi connectivity index (χ0n) is 9.70. The maximum absolute atomic E-state index is 9.70. The number of rotatable bonds is 3. The van der Waals surface area contributed by atoms with E-state index in [1.54, 1.807) is 7.11 Å². The molecule has 1 aromatic rings. The van der Waals surface area contributed by atoms with Crippen LogP contribution in [0, 0.1) is 0 Å². The fourth-order valence-electron chi connectivity index (χ4n) is 2.46. The molecule has 0 bridgehead atoms. The smallest absolute Gasteiger partial charge is 0.124 e. The Labute approximate surface area is 96.4 Å². The highest BCUT2D eigenvalue weighted by atomic mass is 16.5. The van der Waals surface area contributed by atoms with E-state index >= 15 is 0 Å². The first-order valence-corrected chi connectivity index (χ1v) is 5.82. The molecule has 0 radical (unpaired) electrons. The number of para-hydroxylation sites is 1. The Bertz CT molecular complexity index is 346. The van der Waals surface area contributed by atoms with Gasteiger partial charge in [0.25, 0.3) is 0 Å². The number of hydrogen-bond donors (Lipinski definition) is 2. The van der Waals surface area contributed by atoms with Crippen molar-refractivity contribution in [3.63, 3.8) is 0 Å². The van der Waals surface area contributed by atoms with Gasteiger partial charge in [-0.3, -0.25) is 0 Å². The van der Waals surface area contributed by atoms with Crippen molar-refractivity contribution in [2.45, 2.75) is 24.8 Å². The molecule has 16 heavy (non-hydrogen) atoms. The van der Waals surface area contributed by atoms with Crippen LogP contribution in [-0.2, 0) is 5.54 Å². The Kier molecular flexibility index (Phi) is 3.46. The van der Waals surface area contributed by atoms with E-state index in [9.17, 15) is 5.11 Å². The van der Waals surface area contributed by atoms with E-state index in [0.29, 0.717) is 0 Å². The molecule has 3 heteroatoms. The molecule has 2 N–H and O–H groups in total. The molecule has 1 unspecified atom stereocenters. The zero-order chi connectivity index (χ0) is 11.4. The van der Waals surface area contributed by atoms with E-state index in [1.807, 2.05) is 24.3 Å². The summed E-state index contributed by atoms with van der Waals surface area (Å²) in [6, 6.07) is 7.93. The van der Waals surface area contributed by atoms with E-state index in [0.717, 1.165) is 30.7 Å². The summed E-state index contributed by atoms with van der Waals surface area (Å²) < 4.78 is 5.37. The van der Waals surface area contributed by atoms with E-state index in [2.05, 4.69) is 5.32 Å². The van der Waals surface area contributed by atoms with Gasteiger partial charge in [-0.1, -0.05) is 18.2 Å². The predicted octanol–water partition coefficient (Wildman–Crippen LogP) is 1.66. The molecule has 2 rings (SSSR count). The number of methoxy groups -OCH3 is 1. The quantitative estimate of drug-likeness (QED) is 0.815. The van der Waals surface area contributed by atoms with Gasteiger partial charge in [0.05, 0.1) is 19.3 Å². The third-order valence-corrected chi connectivity index (χ3v) is 3.39. The minimum Gasteiger partial charge on any atom is -0.496 e. The van der Waals surface area contributed by atoms with Crippen molar-refractivity contribution >= 4 is 0 Å². The van der Waals surface area contributed by atoms with Crippen molar-refractivity contribution in [1.82, 2.24) is 5.32 Å². The normalized spacial score (nSPS) is 25.4. The molecule has 1 fully saturated rings. The predicted molar refractivity (Wildman–Crippen MR) is 63.6 cm³/mol. The van der Waals surface area contributed by atoms with Crippen LogP contribution in [0.5, 0.6) is 5.75 Å². The van der Waals surface area contributed by atoms with Crippen LogP contribution in [0.4, 0.5) is 0 Å². The number of aliphatic hydroxyl groups excluding tert-OH is 1. The number of nitrogens with one attached hydrogen (secondary N) is 1. The monoisotopic (exact) mass is 221 g/mol. The Morgan fingerprint density at radius 1 is 1.38 bits per heavy atom. The largest absolute Gasteiger partial charge is 0.496 e. The minimum absolute atomic E-state index is 0.118. The van der Waals surface area contributed by atoms with Gasteiger partial charge in [0.15, 0.2) is 0 Å². The van der Waals surface area contributed by atoms with Crippen LogP contribution < -0.4 is 10.1 Å². The second-order valence-corrected chi connectivity index (χ2v) is 4.32. The number of benzene rings is 1. The van der Waals surface area contributed by atoms with Gasteiger partial charge in [0.2, 0.25) is 0 Å². The Morgan fingerprint density at radius 2 is 2.19 bits per heavy atom. The van der Waals surface area contributed by atoms with Crippen molar-refractivity contribution in [1.29, 1.82) is 0 Å². The summed E-state index contributed by atoms with van der Waals surface area (Å²) in [4.78, 5) is 0. The first kappa shape index (κ1) is 11.4. The van der Waals surface area contributed by atoms with Gasteiger partial charge in [-0.25, -0.2) is 0 Å². The van der Waals surface area contributed by atoms with Gasteiger partial charge < -0.3 is 15.2 Å². The summed E-state index contributed by atoms with van der Waals surface area (Å²) in [6.45, 7) is 1.08. The highest BCUT2D eigenvalue weighted by Crippen LogP contribution is 2.35. The lowest BCUT2D eigenvalue weighted by atomic mass is 9.82. The molecule has 0 aromatic heterocycles. The average molecular weight is 221 g/mol. The fraction of sp³-hybridized carbons (Fsp3) is 0.538. The molecule has 3 nitrogen and oxygen atoms in total. The standard InChI is InChI=1S/C13H19NO2/c1-16-12-7-3-2-6-11(12)13(10-15)8-4-5-9-14-13/h2-3,6-7,14-15H,4-5,8-10H2,1H3. The van der Waals surface area contributed by atoms with Crippen LogP contribution >= 0.6 is 0 Å². The van der Waals surface area contributed by atoms with Crippen LogP contribution in [0.3, 0.4) is 0 Å². The number of piperidine rings is 1. The van der Waals surface area contributed by atoms with Crippen LogP contribution in [0.2, 0.25) is 0 Å². The molecule has 1 saturated heterocycles. The van der Waals surface area contributed by atoms with Crippen LogP contribution in [0.1, 0.15) is 24.8 Å². The van der Waals surface area contributed by atoms with Crippen LogP contribution in [0.25, 0.3) is 0 Å². The van der Waals surface area contributed by atoms with E-state index in [1.165, 1.54) is 6.42 Å². The van der Waals surface area contributed by atoms with E-state index in [-0.39, 0.29) is 12.1 Å². The highest BCUT2D eigenvalue weighted by molar-refractivity contribution is 5.39. The molecule has 1 heterocycles. The van der Waals surface area contributed by atoms with Crippen molar-refractivity contribution < 1.29 is 9.84 Å². The number of hydrogen-bond acceptors (Lipinski definition) is 3. The molecule has 1 atom stereocenters. The van der Waals surface area contributed by atoms with Crippen molar-refractivity contribution in [2.24, 2.45) is 0 Å². The molecule has 0 spiro atoms.